The van der Waals surface area contributed by atoms with Crippen LogP contribution in [0.1, 0.15) is 25.6 Å². The van der Waals surface area contributed by atoms with E-state index in [0.29, 0.717) is 0 Å². The highest BCUT2D eigenvalue weighted by molar-refractivity contribution is 5.96. The number of aliphatic hydroxyl groups excluding tert-OH is 3. The summed E-state index contributed by atoms with van der Waals surface area (Å²) in [5, 5.41) is 57.5. The molecular formula is C27H26F2N4O7. The van der Waals surface area contributed by atoms with Crippen molar-refractivity contribution in [2.45, 2.75) is 44.2 Å². The average molecular weight is 557 g/mol. The minimum Gasteiger partial charge on any atom is -0.478 e. The fourth-order valence-corrected chi connectivity index (χ4v) is 4.54. The van der Waals surface area contributed by atoms with Crippen LogP contribution in [0.15, 0.2) is 48.2 Å². The highest BCUT2D eigenvalue weighted by Gasteiger charge is 2.45. The van der Waals surface area contributed by atoms with Gasteiger partial charge in [-0.2, -0.15) is 10.4 Å². The molecule has 40 heavy (non-hydrogen) atoms. The Kier molecular flexibility index (Phi) is 8.15. The van der Waals surface area contributed by atoms with Gasteiger partial charge in [0.15, 0.2) is 11.6 Å². The maximum atomic E-state index is 14.7. The van der Waals surface area contributed by atoms with Crippen molar-refractivity contribution in [2.75, 3.05) is 6.61 Å². The number of ether oxygens (including phenoxy) is 1. The predicted molar refractivity (Wildman–Crippen MR) is 135 cm³/mol. The molecular weight excluding hydrogens is 530 g/mol. The van der Waals surface area contributed by atoms with Crippen molar-refractivity contribution in [2.24, 2.45) is 5.92 Å². The molecule has 1 aliphatic heterocycles. The molecule has 0 saturated carbocycles. The molecule has 1 aromatic heterocycles. The lowest BCUT2D eigenvalue weighted by atomic mass is 9.91. The van der Waals surface area contributed by atoms with Crippen molar-refractivity contribution in [3.8, 4) is 17.2 Å². The lowest BCUT2D eigenvalue weighted by Gasteiger charge is -2.40. The lowest BCUT2D eigenvalue weighted by Crippen LogP contribution is -2.59. The molecule has 5 N–H and O–H groups in total. The predicted octanol–water partition coefficient (Wildman–Crippen LogP) is 1.62. The highest BCUT2D eigenvalue weighted by atomic mass is 19.2. The first-order valence-electron chi connectivity index (χ1n) is 12.2. The van der Waals surface area contributed by atoms with Crippen molar-refractivity contribution in [3.05, 3.63) is 65.6 Å². The molecule has 11 nitrogen and oxygen atoms in total. The minimum atomic E-state index is -1.87. The summed E-state index contributed by atoms with van der Waals surface area (Å²) in [5.74, 6) is -5.55. The first-order valence-corrected chi connectivity index (χ1v) is 12.2. The second-order valence-electron chi connectivity index (χ2n) is 9.55. The van der Waals surface area contributed by atoms with E-state index >= 15 is 0 Å². The molecule has 1 amide bonds. The van der Waals surface area contributed by atoms with Gasteiger partial charge in [0.05, 0.1) is 18.7 Å². The number of halogens is 2. The number of aliphatic carboxylic acids is 1. The quantitative estimate of drug-likeness (QED) is 0.276. The van der Waals surface area contributed by atoms with E-state index in [2.05, 4.69) is 10.4 Å². The number of carbonyl (C=O) groups excluding carboxylic acids is 1. The Balaban J connectivity index is 1.98. The zero-order chi connectivity index (χ0) is 29.3. The van der Waals surface area contributed by atoms with Crippen LogP contribution >= 0.6 is 0 Å². The molecule has 0 aliphatic carbocycles. The molecule has 13 heteroatoms. The number of nitrogens with one attached hydrogen (secondary N) is 1. The Hall–Kier alpha value is -4.38. The van der Waals surface area contributed by atoms with E-state index < -0.39 is 72.2 Å². The van der Waals surface area contributed by atoms with E-state index in [-0.39, 0.29) is 27.7 Å². The molecule has 2 aromatic carbocycles. The minimum absolute atomic E-state index is 0.0849. The second-order valence-corrected chi connectivity index (χ2v) is 9.55. The summed E-state index contributed by atoms with van der Waals surface area (Å²) >= 11 is 0. The molecule has 1 aliphatic rings. The number of aliphatic hydroxyl groups is 3. The maximum absolute atomic E-state index is 14.7. The van der Waals surface area contributed by atoms with Crippen molar-refractivity contribution in [3.63, 3.8) is 0 Å². The van der Waals surface area contributed by atoms with Gasteiger partial charge in [0.2, 0.25) is 11.7 Å². The van der Waals surface area contributed by atoms with Gasteiger partial charge in [0.25, 0.3) is 0 Å². The van der Waals surface area contributed by atoms with Crippen LogP contribution in [-0.2, 0) is 14.3 Å². The van der Waals surface area contributed by atoms with Gasteiger partial charge < -0.3 is 30.5 Å². The van der Waals surface area contributed by atoms with E-state index in [4.69, 9.17) is 4.74 Å². The first-order chi connectivity index (χ1) is 19.0. The third-order valence-corrected chi connectivity index (χ3v) is 6.63. The second kappa shape index (κ2) is 11.4. The van der Waals surface area contributed by atoms with Crippen LogP contribution in [0.2, 0.25) is 0 Å². The highest BCUT2D eigenvalue weighted by Crippen LogP contribution is 2.36. The van der Waals surface area contributed by atoms with Crippen molar-refractivity contribution in [1.82, 2.24) is 15.1 Å². The molecule has 0 bridgehead atoms. The van der Waals surface area contributed by atoms with Crippen molar-refractivity contribution in [1.29, 1.82) is 5.26 Å². The first kappa shape index (κ1) is 28.6. The number of nitriles is 1. The molecule has 0 radical (unpaired) electrons. The van der Waals surface area contributed by atoms with E-state index in [0.717, 1.165) is 16.8 Å². The Labute approximate surface area is 226 Å². The third-order valence-electron chi connectivity index (χ3n) is 6.63. The third kappa shape index (κ3) is 5.12. The van der Waals surface area contributed by atoms with Gasteiger partial charge in [-0.15, -0.1) is 0 Å². The topological polar surface area (TPSA) is 178 Å². The van der Waals surface area contributed by atoms with Crippen molar-refractivity contribution < 1.29 is 43.5 Å². The fraction of sp³-hybridized carbons (Fsp3) is 0.333. The standard InChI is InChI=1S/C27H26F2N4O7/c1-12(2)26(37)31-23-17(9-20(27(38)39)40-25(23)24(36)19(35)11-34)33-18(10-30)15-7-3-6-14(22(15)32-33)13-5-4-8-16(28)21(13)29/h3-9,12,17,19,23-25,34-36H,11H2,1-2H3,(H,31,37)(H,38,39)/t17-,19+,23+,24+,25+/m0/s1. The number of carbonyl (C=O) groups is 2. The monoisotopic (exact) mass is 556 g/mol. The lowest BCUT2D eigenvalue weighted by molar-refractivity contribution is -0.147. The molecule has 0 spiro atoms. The van der Waals surface area contributed by atoms with Crippen LogP contribution < -0.4 is 5.32 Å². The summed E-state index contributed by atoms with van der Waals surface area (Å²) < 4.78 is 35.4. The molecule has 2 heterocycles. The molecule has 210 valence electrons. The number of rotatable bonds is 8. The number of hydrogen-bond donors (Lipinski definition) is 5. The smallest absolute Gasteiger partial charge is 0.370 e. The number of amides is 1. The van der Waals surface area contributed by atoms with E-state index in [1.165, 1.54) is 30.3 Å². The molecule has 0 fully saturated rings. The van der Waals surface area contributed by atoms with Crippen LogP contribution in [0.5, 0.6) is 0 Å². The van der Waals surface area contributed by atoms with Gasteiger partial charge in [0, 0.05) is 22.4 Å². The summed E-state index contributed by atoms with van der Waals surface area (Å²) in [7, 11) is 0. The largest absolute Gasteiger partial charge is 0.478 e. The number of carboxylic acid groups (broad SMARTS) is 1. The Morgan fingerprint density at radius 1 is 1.18 bits per heavy atom. The molecule has 0 unspecified atom stereocenters. The van der Waals surface area contributed by atoms with E-state index in [9.17, 15) is 44.1 Å². The SMILES string of the molecule is CC(C)C(=O)N[C@H]1[C@H]([C@H](O)[C@H](O)CO)OC(C(=O)O)=C[C@@H]1n1nc2c(-c3cccc(F)c3F)cccc2c1C#N. The average Bonchev–Trinajstić information content (AvgIpc) is 3.32. The summed E-state index contributed by atoms with van der Waals surface area (Å²) in [6.45, 7) is 2.27. The van der Waals surface area contributed by atoms with Gasteiger partial charge in [-0.25, -0.2) is 18.3 Å². The summed E-state index contributed by atoms with van der Waals surface area (Å²) in [4.78, 5) is 24.7. The molecule has 0 saturated heterocycles. The van der Waals surface area contributed by atoms with Crippen LogP contribution in [0.25, 0.3) is 22.0 Å². The summed E-state index contributed by atoms with van der Waals surface area (Å²) in [6.07, 6.45) is -4.17. The zero-order valence-electron chi connectivity index (χ0n) is 21.3. The maximum Gasteiger partial charge on any atom is 0.370 e. The Bertz CT molecular complexity index is 1530. The zero-order valence-corrected chi connectivity index (χ0v) is 21.3. The van der Waals surface area contributed by atoms with Crippen LogP contribution in [0, 0.1) is 28.9 Å². The number of nitrogens with zero attached hydrogens (tertiary/aromatic N) is 3. The fourth-order valence-electron chi connectivity index (χ4n) is 4.54. The van der Waals surface area contributed by atoms with E-state index in [1.54, 1.807) is 13.8 Å². The molecule has 5 atom stereocenters. The van der Waals surface area contributed by atoms with Gasteiger partial charge >= 0.3 is 5.97 Å². The van der Waals surface area contributed by atoms with Gasteiger partial charge in [-0.3, -0.25) is 4.79 Å². The van der Waals surface area contributed by atoms with Crippen LogP contribution in [-0.4, -0.2) is 73.0 Å². The van der Waals surface area contributed by atoms with Crippen LogP contribution in [0.3, 0.4) is 0 Å². The summed E-state index contributed by atoms with van der Waals surface area (Å²) in [6, 6.07) is 7.52. The number of hydrogen-bond acceptors (Lipinski definition) is 8. The normalized spacial score (nSPS) is 20.4. The van der Waals surface area contributed by atoms with Gasteiger partial charge in [-0.05, 0) is 18.2 Å². The Morgan fingerprint density at radius 2 is 1.85 bits per heavy atom. The van der Waals surface area contributed by atoms with Crippen LogP contribution in [0.4, 0.5) is 8.78 Å². The molecule has 4 rings (SSSR count). The van der Waals surface area contributed by atoms with Gasteiger partial charge in [0.1, 0.15) is 35.6 Å². The van der Waals surface area contributed by atoms with E-state index in [1.807, 2.05) is 6.07 Å². The van der Waals surface area contributed by atoms with Gasteiger partial charge in [-0.1, -0.05) is 38.1 Å². The Morgan fingerprint density at radius 3 is 2.48 bits per heavy atom. The number of aromatic nitrogens is 2. The molecule has 3 aromatic rings. The summed E-state index contributed by atoms with van der Waals surface area (Å²) in [5.41, 5.74) is -0.00477. The van der Waals surface area contributed by atoms with Crippen molar-refractivity contribution >= 4 is 22.8 Å². The number of carboxylic acids is 1. The number of fused-ring (bicyclic) bond motifs is 1. The number of benzene rings is 2.